The van der Waals surface area contributed by atoms with Crippen LogP contribution in [0.2, 0.25) is 0 Å². The van der Waals surface area contributed by atoms with Gasteiger partial charge in [0.2, 0.25) is 0 Å². The summed E-state index contributed by atoms with van der Waals surface area (Å²) in [7, 11) is 1.54. The lowest BCUT2D eigenvalue weighted by Crippen LogP contribution is -2.39. The van der Waals surface area contributed by atoms with E-state index in [9.17, 15) is 4.39 Å². The zero-order valence-electron chi connectivity index (χ0n) is 9.79. The van der Waals surface area contributed by atoms with Crippen molar-refractivity contribution in [3.05, 3.63) is 29.6 Å². The molecule has 0 spiro atoms. The minimum atomic E-state index is -0.195. The maximum absolute atomic E-state index is 13.6. The molecule has 16 heavy (non-hydrogen) atoms. The molecule has 2 rings (SSSR count). The second-order valence-corrected chi connectivity index (χ2v) is 4.61. The molecule has 1 fully saturated rings. The second kappa shape index (κ2) is 4.83. The lowest BCUT2D eigenvalue weighted by molar-refractivity contribution is 0.239. The van der Waals surface area contributed by atoms with Crippen molar-refractivity contribution in [2.45, 2.75) is 32.4 Å². The van der Waals surface area contributed by atoms with E-state index in [1.807, 2.05) is 0 Å². The standard InChI is InChI=1S/C13H18FNO/c1-9-5-11(6-9)15-8-10-3-4-12(16-2)7-13(10)14/h3-4,7,9,11,15H,5-6,8H2,1-2H3. The number of benzene rings is 1. The number of hydrogen-bond acceptors (Lipinski definition) is 2. The average molecular weight is 223 g/mol. The molecule has 0 bridgehead atoms. The van der Waals surface area contributed by atoms with Crippen molar-refractivity contribution in [3.8, 4) is 5.75 Å². The number of methoxy groups -OCH3 is 1. The van der Waals surface area contributed by atoms with Crippen LogP contribution in [-0.2, 0) is 6.54 Å². The Morgan fingerprint density at radius 3 is 2.75 bits per heavy atom. The fourth-order valence-electron chi connectivity index (χ4n) is 2.12. The maximum Gasteiger partial charge on any atom is 0.131 e. The zero-order valence-corrected chi connectivity index (χ0v) is 9.79. The van der Waals surface area contributed by atoms with Gasteiger partial charge in [-0.1, -0.05) is 13.0 Å². The predicted molar refractivity (Wildman–Crippen MR) is 62.0 cm³/mol. The van der Waals surface area contributed by atoms with Gasteiger partial charge < -0.3 is 10.1 Å². The zero-order chi connectivity index (χ0) is 11.5. The molecule has 1 N–H and O–H groups in total. The molecule has 1 aromatic rings. The molecule has 1 aliphatic rings. The van der Waals surface area contributed by atoms with E-state index in [2.05, 4.69) is 12.2 Å². The van der Waals surface area contributed by atoms with Gasteiger partial charge in [0.1, 0.15) is 11.6 Å². The van der Waals surface area contributed by atoms with E-state index in [1.165, 1.54) is 18.9 Å². The van der Waals surface area contributed by atoms with Crippen LogP contribution < -0.4 is 10.1 Å². The molecule has 0 atom stereocenters. The van der Waals surface area contributed by atoms with Gasteiger partial charge in [0.15, 0.2) is 0 Å². The van der Waals surface area contributed by atoms with Crippen molar-refractivity contribution in [1.82, 2.24) is 5.32 Å². The fourth-order valence-corrected chi connectivity index (χ4v) is 2.12. The molecule has 0 aromatic heterocycles. The Morgan fingerprint density at radius 2 is 2.19 bits per heavy atom. The van der Waals surface area contributed by atoms with Gasteiger partial charge in [-0.2, -0.15) is 0 Å². The topological polar surface area (TPSA) is 21.3 Å². The van der Waals surface area contributed by atoms with Gasteiger partial charge >= 0.3 is 0 Å². The van der Waals surface area contributed by atoms with Crippen LogP contribution in [0.1, 0.15) is 25.3 Å². The van der Waals surface area contributed by atoms with Gasteiger partial charge in [-0.15, -0.1) is 0 Å². The Kier molecular flexibility index (Phi) is 3.44. The van der Waals surface area contributed by atoms with Gasteiger partial charge in [0, 0.05) is 24.2 Å². The van der Waals surface area contributed by atoms with Crippen LogP contribution >= 0.6 is 0 Å². The third kappa shape index (κ3) is 2.53. The van der Waals surface area contributed by atoms with Crippen molar-refractivity contribution in [1.29, 1.82) is 0 Å². The third-order valence-corrected chi connectivity index (χ3v) is 3.22. The molecule has 1 aliphatic carbocycles. The van der Waals surface area contributed by atoms with Crippen LogP contribution in [0, 0.1) is 11.7 Å². The van der Waals surface area contributed by atoms with Gasteiger partial charge in [-0.3, -0.25) is 0 Å². The first-order chi connectivity index (χ1) is 7.69. The monoisotopic (exact) mass is 223 g/mol. The quantitative estimate of drug-likeness (QED) is 0.847. The van der Waals surface area contributed by atoms with E-state index in [0.717, 1.165) is 5.92 Å². The lowest BCUT2D eigenvalue weighted by Gasteiger charge is -2.33. The fraction of sp³-hybridized carbons (Fsp3) is 0.538. The van der Waals surface area contributed by atoms with E-state index in [1.54, 1.807) is 19.2 Å². The summed E-state index contributed by atoms with van der Waals surface area (Å²) in [6.07, 6.45) is 2.41. The lowest BCUT2D eigenvalue weighted by atomic mass is 9.82. The highest BCUT2D eigenvalue weighted by atomic mass is 19.1. The van der Waals surface area contributed by atoms with Crippen LogP contribution in [0.5, 0.6) is 5.75 Å². The molecule has 0 unspecified atom stereocenters. The van der Waals surface area contributed by atoms with Gasteiger partial charge in [0.25, 0.3) is 0 Å². The summed E-state index contributed by atoms with van der Waals surface area (Å²) in [5.74, 6) is 1.19. The van der Waals surface area contributed by atoms with Crippen molar-refractivity contribution in [3.63, 3.8) is 0 Å². The SMILES string of the molecule is COc1ccc(CNC2CC(C)C2)c(F)c1. The molecule has 88 valence electrons. The third-order valence-electron chi connectivity index (χ3n) is 3.22. The molecule has 3 heteroatoms. The Balaban J connectivity index is 1.89. The van der Waals surface area contributed by atoms with Crippen molar-refractivity contribution in [2.75, 3.05) is 7.11 Å². The van der Waals surface area contributed by atoms with Gasteiger partial charge in [0.05, 0.1) is 7.11 Å². The number of ether oxygens (including phenoxy) is 1. The van der Waals surface area contributed by atoms with Crippen LogP contribution in [0.25, 0.3) is 0 Å². The van der Waals surface area contributed by atoms with E-state index >= 15 is 0 Å². The molecular formula is C13H18FNO. The highest BCUT2D eigenvalue weighted by Crippen LogP contribution is 2.26. The normalized spacial score (nSPS) is 23.9. The summed E-state index contributed by atoms with van der Waals surface area (Å²) in [5, 5.41) is 3.36. The smallest absolute Gasteiger partial charge is 0.131 e. The van der Waals surface area contributed by atoms with E-state index in [4.69, 9.17) is 4.74 Å². The van der Waals surface area contributed by atoms with Crippen LogP contribution in [-0.4, -0.2) is 13.2 Å². The number of hydrogen-bond donors (Lipinski definition) is 1. The van der Waals surface area contributed by atoms with E-state index in [-0.39, 0.29) is 5.82 Å². The molecule has 0 saturated heterocycles. The van der Waals surface area contributed by atoms with Crippen LogP contribution in [0.15, 0.2) is 18.2 Å². The molecule has 0 heterocycles. The summed E-state index contributed by atoms with van der Waals surface area (Å²) in [5.41, 5.74) is 0.709. The maximum atomic E-state index is 13.6. The Morgan fingerprint density at radius 1 is 1.44 bits per heavy atom. The number of rotatable bonds is 4. The number of halogens is 1. The Labute approximate surface area is 95.8 Å². The second-order valence-electron chi connectivity index (χ2n) is 4.61. The van der Waals surface area contributed by atoms with Crippen molar-refractivity contribution < 1.29 is 9.13 Å². The summed E-state index contributed by atoms with van der Waals surface area (Å²) >= 11 is 0. The van der Waals surface area contributed by atoms with Gasteiger partial charge in [-0.25, -0.2) is 4.39 Å². The molecule has 1 aromatic carbocycles. The van der Waals surface area contributed by atoms with Gasteiger partial charge in [-0.05, 0) is 24.8 Å². The first kappa shape index (κ1) is 11.4. The van der Waals surface area contributed by atoms with Crippen LogP contribution in [0.3, 0.4) is 0 Å². The molecule has 0 amide bonds. The van der Waals surface area contributed by atoms with E-state index in [0.29, 0.717) is 23.9 Å². The molecule has 2 nitrogen and oxygen atoms in total. The summed E-state index contributed by atoms with van der Waals surface area (Å²) in [6, 6.07) is 5.57. The summed E-state index contributed by atoms with van der Waals surface area (Å²) in [6.45, 7) is 2.85. The Bertz CT molecular complexity index is 361. The minimum Gasteiger partial charge on any atom is -0.497 e. The van der Waals surface area contributed by atoms with Crippen molar-refractivity contribution in [2.24, 2.45) is 5.92 Å². The minimum absolute atomic E-state index is 0.195. The molecule has 0 radical (unpaired) electrons. The highest BCUT2D eigenvalue weighted by Gasteiger charge is 2.24. The first-order valence-electron chi connectivity index (χ1n) is 5.75. The predicted octanol–water partition coefficient (Wildman–Crippen LogP) is 2.72. The van der Waals surface area contributed by atoms with Crippen molar-refractivity contribution >= 4 is 0 Å². The molecule has 1 saturated carbocycles. The van der Waals surface area contributed by atoms with Crippen LogP contribution in [0.4, 0.5) is 4.39 Å². The highest BCUT2D eigenvalue weighted by molar-refractivity contribution is 5.28. The molecule has 0 aliphatic heterocycles. The average Bonchev–Trinajstić information content (AvgIpc) is 2.24. The first-order valence-corrected chi connectivity index (χ1v) is 5.75. The summed E-state index contributed by atoms with van der Waals surface area (Å²) in [4.78, 5) is 0. The van der Waals surface area contributed by atoms with E-state index < -0.39 is 0 Å². The largest absolute Gasteiger partial charge is 0.497 e. The molecular weight excluding hydrogens is 205 g/mol. The summed E-state index contributed by atoms with van der Waals surface area (Å²) < 4.78 is 18.5. The Hall–Kier alpha value is -1.09. The number of nitrogens with one attached hydrogen (secondary N) is 1.